The van der Waals surface area contributed by atoms with Gasteiger partial charge < -0.3 is 14.6 Å². The molecule has 3 heterocycles. The largest absolute Gasteiger partial charge is 0.371 e. The number of aryl methyl sites for hydroxylation is 1. The van der Waals surface area contributed by atoms with E-state index in [2.05, 4.69) is 38.9 Å². The van der Waals surface area contributed by atoms with E-state index in [9.17, 15) is 4.39 Å². The molecule has 1 unspecified atom stereocenters. The Morgan fingerprint density at radius 1 is 1.38 bits per heavy atom. The van der Waals surface area contributed by atoms with E-state index in [0.29, 0.717) is 31.9 Å². The van der Waals surface area contributed by atoms with Crippen molar-refractivity contribution in [3.8, 4) is 0 Å². The van der Waals surface area contributed by atoms with Crippen LogP contribution in [0.15, 0.2) is 36.7 Å². The Bertz CT molecular complexity index is 877. The van der Waals surface area contributed by atoms with Gasteiger partial charge in [-0.05, 0) is 30.7 Å². The molecule has 1 aromatic carbocycles. The normalized spacial score (nSPS) is 17.2. The van der Waals surface area contributed by atoms with Gasteiger partial charge in [0.1, 0.15) is 18.2 Å². The molecule has 0 bridgehead atoms. The van der Waals surface area contributed by atoms with Gasteiger partial charge >= 0.3 is 0 Å². The van der Waals surface area contributed by atoms with Gasteiger partial charge in [-0.15, -0.1) is 0 Å². The highest BCUT2D eigenvalue weighted by atomic mass is 19.1. The molecule has 2 aromatic heterocycles. The summed E-state index contributed by atoms with van der Waals surface area (Å²) in [6.45, 7) is 4.39. The second-order valence-corrected chi connectivity index (χ2v) is 6.16. The zero-order chi connectivity index (χ0) is 16.5. The molecule has 4 rings (SSSR count). The molecule has 1 aliphatic heterocycles. The fourth-order valence-electron chi connectivity index (χ4n) is 3.19. The Morgan fingerprint density at radius 2 is 2.29 bits per heavy atom. The van der Waals surface area contributed by atoms with Crippen LogP contribution in [0.2, 0.25) is 0 Å². The lowest BCUT2D eigenvalue weighted by Crippen LogP contribution is -2.32. The summed E-state index contributed by atoms with van der Waals surface area (Å²) in [5.41, 5.74) is 3.96. The Balaban J connectivity index is 1.55. The number of fused-ring (bicyclic) bond motifs is 3. The summed E-state index contributed by atoms with van der Waals surface area (Å²) in [4.78, 5) is 8.44. The highest BCUT2D eigenvalue weighted by molar-refractivity contribution is 5.77. The maximum atomic E-state index is 13.7. The number of nitrogens with zero attached hydrogens (tertiary/aromatic N) is 3. The van der Waals surface area contributed by atoms with Gasteiger partial charge in [0.2, 0.25) is 0 Å². The van der Waals surface area contributed by atoms with Crippen LogP contribution in [0.5, 0.6) is 0 Å². The summed E-state index contributed by atoms with van der Waals surface area (Å²) in [7, 11) is 0. The van der Waals surface area contributed by atoms with Crippen molar-refractivity contribution in [3.63, 3.8) is 0 Å². The van der Waals surface area contributed by atoms with Crippen molar-refractivity contribution in [1.82, 2.24) is 19.9 Å². The molecular formula is C18H19FN4O. The number of nitrogens with one attached hydrogen (secondary N) is 1. The number of hydrogen-bond donors (Lipinski definition) is 1. The maximum absolute atomic E-state index is 13.7. The van der Waals surface area contributed by atoms with E-state index < -0.39 is 0 Å². The van der Waals surface area contributed by atoms with E-state index in [0.717, 1.165) is 16.9 Å². The van der Waals surface area contributed by atoms with Crippen molar-refractivity contribution in [1.29, 1.82) is 0 Å². The molecule has 0 fully saturated rings. The van der Waals surface area contributed by atoms with E-state index in [1.165, 1.54) is 11.8 Å². The average Bonchev–Trinajstić information content (AvgIpc) is 2.95. The molecular weight excluding hydrogens is 307 g/mol. The van der Waals surface area contributed by atoms with Gasteiger partial charge in [0, 0.05) is 24.8 Å². The zero-order valence-corrected chi connectivity index (χ0v) is 13.5. The molecule has 0 aliphatic carbocycles. The quantitative estimate of drug-likeness (QED) is 0.801. The third-order valence-electron chi connectivity index (χ3n) is 4.38. The molecule has 0 amide bonds. The molecule has 6 heteroatoms. The Kier molecular flexibility index (Phi) is 4.00. The molecule has 0 spiro atoms. The van der Waals surface area contributed by atoms with Crippen molar-refractivity contribution < 1.29 is 9.13 Å². The van der Waals surface area contributed by atoms with Crippen LogP contribution >= 0.6 is 0 Å². The topological polar surface area (TPSA) is 52.0 Å². The van der Waals surface area contributed by atoms with Crippen LogP contribution < -0.4 is 5.32 Å². The summed E-state index contributed by atoms with van der Waals surface area (Å²) < 4.78 is 21.6. The second-order valence-electron chi connectivity index (χ2n) is 6.16. The SMILES string of the molecule is Cc1ccc2nc3n(c2c1)C(CNCc1ccncc1F)COC3. The molecule has 124 valence electrons. The molecule has 0 saturated heterocycles. The van der Waals surface area contributed by atoms with Gasteiger partial charge in [-0.1, -0.05) is 6.07 Å². The lowest BCUT2D eigenvalue weighted by molar-refractivity contribution is 0.0564. The van der Waals surface area contributed by atoms with Crippen LogP contribution in [0.3, 0.4) is 0 Å². The summed E-state index contributed by atoms with van der Waals surface area (Å²) in [6.07, 6.45) is 2.85. The lowest BCUT2D eigenvalue weighted by atomic mass is 10.2. The number of halogens is 1. The van der Waals surface area contributed by atoms with Crippen molar-refractivity contribution in [3.05, 3.63) is 59.4 Å². The first kappa shape index (κ1) is 15.2. The average molecular weight is 326 g/mol. The predicted molar refractivity (Wildman–Crippen MR) is 89.1 cm³/mol. The van der Waals surface area contributed by atoms with Gasteiger partial charge in [0.15, 0.2) is 0 Å². The van der Waals surface area contributed by atoms with Gasteiger partial charge in [-0.3, -0.25) is 4.98 Å². The number of aromatic nitrogens is 3. The monoisotopic (exact) mass is 326 g/mol. The van der Waals surface area contributed by atoms with E-state index in [4.69, 9.17) is 4.74 Å². The van der Waals surface area contributed by atoms with Gasteiger partial charge in [-0.25, -0.2) is 9.37 Å². The van der Waals surface area contributed by atoms with E-state index in [-0.39, 0.29) is 11.9 Å². The first-order valence-corrected chi connectivity index (χ1v) is 8.06. The van der Waals surface area contributed by atoms with Gasteiger partial charge in [-0.2, -0.15) is 0 Å². The first-order chi connectivity index (χ1) is 11.7. The highest BCUT2D eigenvalue weighted by Gasteiger charge is 2.23. The number of benzene rings is 1. The van der Waals surface area contributed by atoms with Crippen molar-refractivity contribution in [2.24, 2.45) is 0 Å². The standard InChI is InChI=1S/C18H19FN4O/c1-12-2-3-16-17(6-12)23-14(10-24-11-18(23)22-16)8-21-7-13-4-5-20-9-15(13)19/h2-6,9,14,21H,7-8,10-11H2,1H3. The van der Waals surface area contributed by atoms with Crippen LogP contribution in [0.25, 0.3) is 11.0 Å². The minimum Gasteiger partial charge on any atom is -0.371 e. The van der Waals surface area contributed by atoms with E-state index in [1.807, 2.05) is 6.07 Å². The smallest absolute Gasteiger partial charge is 0.145 e. The number of hydrogen-bond acceptors (Lipinski definition) is 4. The summed E-state index contributed by atoms with van der Waals surface area (Å²) in [5.74, 6) is 0.665. The van der Waals surface area contributed by atoms with Crippen LogP contribution in [0.1, 0.15) is 23.0 Å². The molecule has 1 atom stereocenters. The van der Waals surface area contributed by atoms with Crippen molar-refractivity contribution in [2.75, 3.05) is 13.2 Å². The minimum absolute atomic E-state index is 0.144. The molecule has 24 heavy (non-hydrogen) atoms. The van der Waals surface area contributed by atoms with Crippen molar-refractivity contribution in [2.45, 2.75) is 26.1 Å². The van der Waals surface area contributed by atoms with Crippen LogP contribution in [0, 0.1) is 12.7 Å². The summed E-state index contributed by atoms with van der Waals surface area (Å²) >= 11 is 0. The molecule has 0 radical (unpaired) electrons. The summed E-state index contributed by atoms with van der Waals surface area (Å²) in [6, 6.07) is 8.12. The van der Waals surface area contributed by atoms with Gasteiger partial charge in [0.05, 0.1) is 29.9 Å². The Morgan fingerprint density at radius 3 is 3.17 bits per heavy atom. The predicted octanol–water partition coefficient (Wildman–Crippen LogP) is 2.74. The number of pyridine rings is 1. The fraction of sp³-hybridized carbons (Fsp3) is 0.333. The van der Waals surface area contributed by atoms with Crippen molar-refractivity contribution >= 4 is 11.0 Å². The first-order valence-electron chi connectivity index (χ1n) is 8.06. The van der Waals surface area contributed by atoms with Gasteiger partial charge in [0.25, 0.3) is 0 Å². The molecule has 3 aromatic rings. The van der Waals surface area contributed by atoms with E-state index >= 15 is 0 Å². The number of rotatable bonds is 4. The summed E-state index contributed by atoms with van der Waals surface area (Å²) in [5, 5.41) is 3.33. The third-order valence-corrected chi connectivity index (χ3v) is 4.38. The zero-order valence-electron chi connectivity index (χ0n) is 13.5. The molecule has 1 aliphatic rings. The lowest BCUT2D eigenvalue weighted by Gasteiger charge is -2.26. The van der Waals surface area contributed by atoms with Crippen LogP contribution in [-0.2, 0) is 17.9 Å². The minimum atomic E-state index is -0.283. The number of imidazole rings is 1. The van der Waals surface area contributed by atoms with Crippen LogP contribution in [-0.4, -0.2) is 27.7 Å². The molecule has 5 nitrogen and oxygen atoms in total. The molecule has 1 N–H and O–H groups in total. The highest BCUT2D eigenvalue weighted by Crippen LogP contribution is 2.26. The third kappa shape index (κ3) is 2.79. The fourth-order valence-corrected chi connectivity index (χ4v) is 3.19. The Hall–Kier alpha value is -2.31. The van der Waals surface area contributed by atoms with E-state index in [1.54, 1.807) is 12.3 Å². The maximum Gasteiger partial charge on any atom is 0.145 e. The number of ether oxygens (including phenoxy) is 1. The Labute approximate surface area is 139 Å². The molecule has 0 saturated carbocycles. The second kappa shape index (κ2) is 6.30. The van der Waals surface area contributed by atoms with Crippen LogP contribution in [0.4, 0.5) is 4.39 Å².